The third-order valence-corrected chi connectivity index (χ3v) is 4.10. The molecule has 0 spiro atoms. The number of amides is 1. The summed E-state index contributed by atoms with van der Waals surface area (Å²) in [5.41, 5.74) is 0.243. The SMILES string of the molecule is CCN(CC(F)(F)F)C(=O)c1ccc(S(=O)(=O)Cl)cc1C. The third kappa shape index (κ3) is 4.89. The molecule has 0 unspecified atom stereocenters. The van der Waals surface area contributed by atoms with Crippen molar-refractivity contribution in [3.63, 3.8) is 0 Å². The number of rotatable bonds is 4. The zero-order chi connectivity index (χ0) is 16.4. The van der Waals surface area contributed by atoms with Gasteiger partial charge >= 0.3 is 6.18 Å². The average Bonchev–Trinajstić information content (AvgIpc) is 2.32. The van der Waals surface area contributed by atoms with Crippen molar-refractivity contribution >= 4 is 25.6 Å². The van der Waals surface area contributed by atoms with Crippen LogP contribution in [0.2, 0.25) is 0 Å². The van der Waals surface area contributed by atoms with Gasteiger partial charge in [-0.15, -0.1) is 0 Å². The highest BCUT2D eigenvalue weighted by atomic mass is 35.7. The predicted octanol–water partition coefficient (Wildman–Crippen LogP) is 2.95. The van der Waals surface area contributed by atoms with Crippen molar-refractivity contribution in [3.8, 4) is 0 Å². The van der Waals surface area contributed by atoms with Crippen molar-refractivity contribution in [3.05, 3.63) is 29.3 Å². The largest absolute Gasteiger partial charge is 0.406 e. The number of hydrogen-bond acceptors (Lipinski definition) is 3. The van der Waals surface area contributed by atoms with Gasteiger partial charge in [-0.05, 0) is 37.6 Å². The normalized spacial score (nSPS) is 12.3. The summed E-state index contributed by atoms with van der Waals surface area (Å²) in [6.45, 7) is 1.38. The van der Waals surface area contributed by atoms with E-state index >= 15 is 0 Å². The molecule has 0 radical (unpaired) electrons. The van der Waals surface area contributed by atoms with Gasteiger partial charge in [0.2, 0.25) is 0 Å². The van der Waals surface area contributed by atoms with Gasteiger partial charge in [0, 0.05) is 22.8 Å². The molecule has 1 aromatic carbocycles. The van der Waals surface area contributed by atoms with Crippen LogP contribution >= 0.6 is 10.7 Å². The quantitative estimate of drug-likeness (QED) is 0.790. The van der Waals surface area contributed by atoms with Gasteiger partial charge in [-0.3, -0.25) is 4.79 Å². The van der Waals surface area contributed by atoms with Crippen LogP contribution in [0.4, 0.5) is 13.2 Å². The number of carbonyl (C=O) groups is 1. The van der Waals surface area contributed by atoms with Gasteiger partial charge in [-0.1, -0.05) is 0 Å². The Morgan fingerprint density at radius 1 is 1.33 bits per heavy atom. The number of alkyl halides is 3. The van der Waals surface area contributed by atoms with E-state index in [4.69, 9.17) is 10.7 Å². The maximum Gasteiger partial charge on any atom is 0.406 e. The van der Waals surface area contributed by atoms with Gasteiger partial charge in [-0.2, -0.15) is 13.2 Å². The van der Waals surface area contributed by atoms with E-state index < -0.39 is 27.7 Å². The highest BCUT2D eigenvalue weighted by Crippen LogP contribution is 2.22. The summed E-state index contributed by atoms with van der Waals surface area (Å²) in [7, 11) is 1.21. The van der Waals surface area contributed by atoms with Gasteiger partial charge in [0.15, 0.2) is 0 Å². The zero-order valence-electron chi connectivity index (χ0n) is 11.2. The van der Waals surface area contributed by atoms with Gasteiger partial charge in [0.25, 0.3) is 15.0 Å². The van der Waals surface area contributed by atoms with E-state index in [1.807, 2.05) is 0 Å². The maximum absolute atomic E-state index is 12.4. The van der Waals surface area contributed by atoms with Gasteiger partial charge in [0.05, 0.1) is 4.90 Å². The van der Waals surface area contributed by atoms with Gasteiger partial charge in [-0.25, -0.2) is 8.42 Å². The summed E-state index contributed by atoms with van der Waals surface area (Å²) in [5, 5.41) is 0. The second-order valence-electron chi connectivity index (χ2n) is 4.35. The number of carbonyl (C=O) groups excluding carboxylic acids is 1. The minimum atomic E-state index is -4.50. The molecule has 0 N–H and O–H groups in total. The molecule has 1 aromatic rings. The molecule has 0 heterocycles. The fourth-order valence-corrected chi connectivity index (χ4v) is 2.58. The molecule has 0 aliphatic heterocycles. The highest BCUT2D eigenvalue weighted by molar-refractivity contribution is 8.13. The van der Waals surface area contributed by atoms with Crippen LogP contribution in [0.15, 0.2) is 23.1 Å². The first kappa shape index (κ1) is 17.8. The van der Waals surface area contributed by atoms with Crippen LogP contribution in [0.25, 0.3) is 0 Å². The van der Waals surface area contributed by atoms with E-state index in [0.717, 1.165) is 18.2 Å². The second-order valence-corrected chi connectivity index (χ2v) is 6.92. The van der Waals surface area contributed by atoms with Crippen LogP contribution < -0.4 is 0 Å². The van der Waals surface area contributed by atoms with Crippen LogP contribution in [0.3, 0.4) is 0 Å². The Kier molecular flexibility index (Phi) is 5.27. The molecule has 0 aliphatic rings. The molecule has 0 saturated carbocycles. The highest BCUT2D eigenvalue weighted by Gasteiger charge is 2.33. The van der Waals surface area contributed by atoms with E-state index in [0.29, 0.717) is 4.90 Å². The van der Waals surface area contributed by atoms with Crippen molar-refractivity contribution in [2.75, 3.05) is 13.1 Å². The van der Waals surface area contributed by atoms with E-state index in [2.05, 4.69) is 0 Å². The Hall–Kier alpha value is -1.28. The summed E-state index contributed by atoms with van der Waals surface area (Å²) in [6, 6.07) is 3.40. The summed E-state index contributed by atoms with van der Waals surface area (Å²) >= 11 is 0. The van der Waals surface area contributed by atoms with Gasteiger partial charge < -0.3 is 4.90 Å². The fraction of sp³-hybridized carbons (Fsp3) is 0.417. The summed E-state index contributed by atoms with van der Waals surface area (Å²) in [6.07, 6.45) is -4.50. The molecule has 0 aliphatic carbocycles. The Labute approximate surface area is 124 Å². The average molecular weight is 344 g/mol. The second kappa shape index (κ2) is 6.23. The zero-order valence-corrected chi connectivity index (χ0v) is 12.8. The number of hydrogen-bond donors (Lipinski definition) is 0. The van der Waals surface area contributed by atoms with Crippen molar-refractivity contribution < 1.29 is 26.4 Å². The standard InChI is InChI=1S/C12H13ClF3NO3S/c1-3-17(7-12(14,15)16)11(18)10-5-4-9(6-8(10)2)21(13,19)20/h4-6H,3,7H2,1-2H3. The van der Waals surface area contributed by atoms with Crippen molar-refractivity contribution in [2.45, 2.75) is 24.9 Å². The van der Waals surface area contributed by atoms with Crippen molar-refractivity contribution in [1.29, 1.82) is 0 Å². The Bertz CT molecular complexity index is 644. The third-order valence-electron chi connectivity index (χ3n) is 2.75. The minimum Gasteiger partial charge on any atom is -0.330 e. The van der Waals surface area contributed by atoms with E-state index in [1.165, 1.54) is 13.8 Å². The molecular formula is C12H13ClF3NO3S. The molecule has 1 amide bonds. The molecule has 4 nitrogen and oxygen atoms in total. The van der Waals surface area contributed by atoms with Gasteiger partial charge in [0.1, 0.15) is 6.54 Å². The van der Waals surface area contributed by atoms with E-state index in [1.54, 1.807) is 0 Å². The molecule has 0 atom stereocenters. The first-order chi connectivity index (χ1) is 9.45. The number of aryl methyl sites for hydroxylation is 1. The van der Waals surface area contributed by atoms with Crippen molar-refractivity contribution in [1.82, 2.24) is 4.90 Å². The molecule has 0 bridgehead atoms. The molecule has 1 rings (SSSR count). The molecule has 9 heteroatoms. The van der Waals surface area contributed by atoms with Crippen LogP contribution in [-0.4, -0.2) is 38.5 Å². The Balaban J connectivity index is 3.13. The van der Waals surface area contributed by atoms with Crippen LogP contribution in [0.1, 0.15) is 22.8 Å². The summed E-state index contributed by atoms with van der Waals surface area (Å²) < 4.78 is 59.5. The van der Waals surface area contributed by atoms with Crippen molar-refractivity contribution in [2.24, 2.45) is 0 Å². The first-order valence-electron chi connectivity index (χ1n) is 5.87. The lowest BCUT2D eigenvalue weighted by Crippen LogP contribution is -2.39. The topological polar surface area (TPSA) is 54.5 Å². The fourth-order valence-electron chi connectivity index (χ4n) is 1.74. The van der Waals surface area contributed by atoms with Crippen LogP contribution in [-0.2, 0) is 9.05 Å². The molecule has 118 valence electrons. The molecular weight excluding hydrogens is 331 g/mol. The monoisotopic (exact) mass is 343 g/mol. The maximum atomic E-state index is 12.4. The van der Waals surface area contributed by atoms with Crippen LogP contribution in [0.5, 0.6) is 0 Å². The van der Waals surface area contributed by atoms with E-state index in [9.17, 15) is 26.4 Å². The van der Waals surface area contributed by atoms with Crippen LogP contribution in [0, 0.1) is 6.92 Å². The first-order valence-corrected chi connectivity index (χ1v) is 8.18. The number of nitrogens with zero attached hydrogens (tertiary/aromatic N) is 1. The molecule has 21 heavy (non-hydrogen) atoms. The molecule has 0 aromatic heterocycles. The minimum absolute atomic E-state index is 0.00478. The number of halogens is 4. The predicted molar refractivity (Wildman–Crippen MR) is 71.9 cm³/mol. The summed E-state index contributed by atoms with van der Waals surface area (Å²) in [5.74, 6) is -0.814. The van der Waals surface area contributed by atoms with E-state index in [-0.39, 0.29) is 22.6 Å². The lowest BCUT2D eigenvalue weighted by Gasteiger charge is -2.23. The Morgan fingerprint density at radius 3 is 2.29 bits per heavy atom. The number of benzene rings is 1. The molecule has 0 saturated heterocycles. The summed E-state index contributed by atoms with van der Waals surface area (Å²) in [4.78, 5) is 12.5. The lowest BCUT2D eigenvalue weighted by atomic mass is 10.1. The molecule has 0 fully saturated rings. The lowest BCUT2D eigenvalue weighted by molar-refractivity contribution is -0.140. The Morgan fingerprint density at radius 2 is 1.90 bits per heavy atom. The smallest absolute Gasteiger partial charge is 0.330 e.